The summed E-state index contributed by atoms with van der Waals surface area (Å²) >= 11 is 1.46. The number of hydrogen-bond donors (Lipinski definition) is 0. The summed E-state index contributed by atoms with van der Waals surface area (Å²) < 4.78 is 7.24. The molecular weight excluding hydrogens is 336 g/mol. The highest BCUT2D eigenvalue weighted by Crippen LogP contribution is 2.37. The molecule has 3 heterocycles. The van der Waals surface area contributed by atoms with Crippen LogP contribution in [-0.2, 0) is 11.8 Å². The highest BCUT2D eigenvalue weighted by atomic mass is 32.1. The molecule has 1 amide bonds. The number of rotatable bonds is 6. The smallest absolute Gasteiger partial charge is 0.266 e. The fourth-order valence-electron chi connectivity index (χ4n) is 3.84. The number of carbonyl (C=O) groups is 1. The first-order valence-electron chi connectivity index (χ1n) is 8.78. The summed E-state index contributed by atoms with van der Waals surface area (Å²) in [5.74, 6) is 0.0909. The first-order valence-corrected chi connectivity index (χ1v) is 9.60. The van der Waals surface area contributed by atoms with Crippen LogP contribution in [0.3, 0.4) is 0 Å². The Hall–Kier alpha value is -1.73. The van der Waals surface area contributed by atoms with Crippen molar-refractivity contribution in [2.75, 3.05) is 20.3 Å². The van der Waals surface area contributed by atoms with Gasteiger partial charge in [0.05, 0.1) is 24.0 Å². The predicted octanol–water partition coefficient (Wildman–Crippen LogP) is 3.27. The van der Waals surface area contributed by atoms with E-state index in [1.165, 1.54) is 11.3 Å². The third-order valence-electron chi connectivity index (χ3n) is 4.91. The molecule has 0 radical (unpaired) electrons. The fraction of sp³-hybridized carbons (Fsp3) is 0.611. The van der Waals surface area contributed by atoms with E-state index in [9.17, 15) is 4.79 Å². The van der Waals surface area contributed by atoms with Crippen molar-refractivity contribution in [2.24, 2.45) is 7.05 Å². The zero-order valence-corrected chi connectivity index (χ0v) is 16.2. The van der Waals surface area contributed by atoms with Crippen LogP contribution in [0, 0.1) is 6.92 Å². The van der Waals surface area contributed by atoms with Crippen LogP contribution in [0.25, 0.3) is 10.6 Å². The number of aryl methyl sites for hydroxylation is 2. The van der Waals surface area contributed by atoms with Crippen molar-refractivity contribution in [2.45, 2.75) is 45.1 Å². The van der Waals surface area contributed by atoms with E-state index >= 15 is 0 Å². The van der Waals surface area contributed by atoms with Crippen molar-refractivity contribution in [1.29, 1.82) is 0 Å². The standard InChI is InChI=1S/C18H26N4O2S/c1-5-7-18(12-24-4)8-6-9-22(18)17(23)15-13(2)20-16(25-15)14-10-19-21(3)11-14/h10-11H,5-9,12H2,1-4H3. The van der Waals surface area contributed by atoms with Crippen molar-refractivity contribution in [3.8, 4) is 10.6 Å². The molecule has 0 aliphatic carbocycles. The van der Waals surface area contributed by atoms with E-state index in [-0.39, 0.29) is 11.4 Å². The summed E-state index contributed by atoms with van der Waals surface area (Å²) in [4.78, 5) is 20.7. The number of amides is 1. The second kappa shape index (κ2) is 7.25. The lowest BCUT2D eigenvalue weighted by Gasteiger charge is -2.38. The summed E-state index contributed by atoms with van der Waals surface area (Å²) in [7, 11) is 3.60. The SMILES string of the molecule is CCCC1(COC)CCCN1C(=O)c1sc(-c2cnn(C)c2)nc1C. The molecule has 1 atom stereocenters. The Bertz CT molecular complexity index is 746. The van der Waals surface area contributed by atoms with Gasteiger partial charge in [-0.25, -0.2) is 4.98 Å². The highest BCUT2D eigenvalue weighted by Gasteiger charge is 2.44. The normalized spacial score (nSPS) is 20.4. The van der Waals surface area contributed by atoms with E-state index in [1.54, 1.807) is 18.0 Å². The maximum absolute atomic E-state index is 13.3. The number of hydrogen-bond acceptors (Lipinski definition) is 5. The van der Waals surface area contributed by atoms with Crippen LogP contribution < -0.4 is 0 Å². The first-order chi connectivity index (χ1) is 12.0. The molecule has 0 bridgehead atoms. The van der Waals surface area contributed by atoms with Crippen LogP contribution in [0.1, 0.15) is 48.0 Å². The molecule has 1 aliphatic heterocycles. The molecule has 1 fully saturated rings. The van der Waals surface area contributed by atoms with E-state index in [2.05, 4.69) is 17.0 Å². The number of thiazole rings is 1. The highest BCUT2D eigenvalue weighted by molar-refractivity contribution is 7.17. The van der Waals surface area contributed by atoms with Crippen LogP contribution >= 0.6 is 11.3 Å². The Kier molecular flexibility index (Phi) is 5.24. The quantitative estimate of drug-likeness (QED) is 0.791. The molecule has 3 rings (SSSR count). The maximum Gasteiger partial charge on any atom is 0.266 e. The summed E-state index contributed by atoms with van der Waals surface area (Å²) in [6, 6.07) is 0. The van der Waals surface area contributed by atoms with Crippen molar-refractivity contribution < 1.29 is 9.53 Å². The van der Waals surface area contributed by atoms with Gasteiger partial charge in [-0.3, -0.25) is 9.48 Å². The fourth-order valence-corrected chi connectivity index (χ4v) is 4.83. The first kappa shape index (κ1) is 18.1. The Balaban J connectivity index is 1.91. The minimum absolute atomic E-state index is 0.0909. The third-order valence-corrected chi connectivity index (χ3v) is 6.11. The lowest BCUT2D eigenvalue weighted by Crippen LogP contribution is -2.50. The molecule has 6 nitrogen and oxygen atoms in total. The molecular formula is C18H26N4O2S. The Morgan fingerprint density at radius 2 is 2.28 bits per heavy atom. The van der Waals surface area contributed by atoms with Crippen LogP contribution in [0.4, 0.5) is 0 Å². The van der Waals surface area contributed by atoms with Gasteiger partial charge in [-0.1, -0.05) is 13.3 Å². The van der Waals surface area contributed by atoms with Crippen molar-refractivity contribution in [3.63, 3.8) is 0 Å². The largest absolute Gasteiger partial charge is 0.382 e. The molecule has 0 spiro atoms. The molecule has 0 saturated carbocycles. The van der Waals surface area contributed by atoms with Crippen molar-refractivity contribution >= 4 is 17.2 Å². The van der Waals surface area contributed by atoms with Gasteiger partial charge in [-0.15, -0.1) is 11.3 Å². The molecule has 1 unspecified atom stereocenters. The Labute approximate surface area is 152 Å². The van der Waals surface area contributed by atoms with E-state index in [4.69, 9.17) is 4.74 Å². The molecule has 7 heteroatoms. The van der Waals surface area contributed by atoms with Gasteiger partial charge in [0.25, 0.3) is 5.91 Å². The van der Waals surface area contributed by atoms with Gasteiger partial charge in [0.1, 0.15) is 9.88 Å². The second-order valence-corrected chi connectivity index (χ2v) is 7.80. The van der Waals surface area contributed by atoms with Gasteiger partial charge < -0.3 is 9.64 Å². The Morgan fingerprint density at radius 3 is 2.92 bits per heavy atom. The second-order valence-electron chi connectivity index (χ2n) is 6.80. The lowest BCUT2D eigenvalue weighted by atomic mass is 9.91. The van der Waals surface area contributed by atoms with Gasteiger partial charge in [0.15, 0.2) is 0 Å². The van der Waals surface area contributed by atoms with Crippen LogP contribution in [0.2, 0.25) is 0 Å². The van der Waals surface area contributed by atoms with Crippen molar-refractivity contribution in [1.82, 2.24) is 19.7 Å². The number of aromatic nitrogens is 3. The molecule has 2 aromatic heterocycles. The topological polar surface area (TPSA) is 60.2 Å². The summed E-state index contributed by atoms with van der Waals surface area (Å²) in [5, 5.41) is 5.05. The number of ether oxygens (including phenoxy) is 1. The van der Waals surface area contributed by atoms with E-state index in [1.807, 2.05) is 25.1 Å². The predicted molar refractivity (Wildman–Crippen MR) is 98.8 cm³/mol. The number of likely N-dealkylation sites (tertiary alicyclic amines) is 1. The van der Waals surface area contributed by atoms with E-state index in [0.29, 0.717) is 6.61 Å². The van der Waals surface area contributed by atoms with E-state index in [0.717, 1.165) is 53.4 Å². The van der Waals surface area contributed by atoms with Gasteiger partial charge in [-0.2, -0.15) is 5.10 Å². The van der Waals surface area contributed by atoms with Gasteiger partial charge >= 0.3 is 0 Å². The van der Waals surface area contributed by atoms with Gasteiger partial charge in [-0.05, 0) is 26.2 Å². The number of nitrogens with zero attached hydrogens (tertiary/aromatic N) is 4. The zero-order valence-electron chi connectivity index (χ0n) is 15.4. The minimum atomic E-state index is -0.175. The molecule has 25 heavy (non-hydrogen) atoms. The molecule has 2 aromatic rings. The Morgan fingerprint density at radius 1 is 1.48 bits per heavy atom. The summed E-state index contributed by atoms with van der Waals surface area (Å²) in [5.41, 5.74) is 1.57. The number of carbonyl (C=O) groups excluding carboxylic acids is 1. The maximum atomic E-state index is 13.3. The van der Waals surface area contributed by atoms with Crippen molar-refractivity contribution in [3.05, 3.63) is 23.0 Å². The lowest BCUT2D eigenvalue weighted by molar-refractivity contribution is 0.0257. The van der Waals surface area contributed by atoms with Crippen LogP contribution in [0.5, 0.6) is 0 Å². The summed E-state index contributed by atoms with van der Waals surface area (Å²) in [6.07, 6.45) is 7.76. The average molecular weight is 362 g/mol. The number of methoxy groups -OCH3 is 1. The third kappa shape index (κ3) is 3.35. The minimum Gasteiger partial charge on any atom is -0.382 e. The molecule has 1 aliphatic rings. The molecule has 1 saturated heterocycles. The molecule has 0 aromatic carbocycles. The molecule has 0 N–H and O–H groups in total. The van der Waals surface area contributed by atoms with Crippen LogP contribution in [-0.4, -0.2) is 51.4 Å². The average Bonchev–Trinajstić information content (AvgIpc) is 3.27. The van der Waals surface area contributed by atoms with Crippen LogP contribution in [0.15, 0.2) is 12.4 Å². The molecule has 136 valence electrons. The van der Waals surface area contributed by atoms with Gasteiger partial charge in [0.2, 0.25) is 0 Å². The monoisotopic (exact) mass is 362 g/mol. The van der Waals surface area contributed by atoms with E-state index < -0.39 is 0 Å². The summed E-state index contributed by atoms with van der Waals surface area (Å²) in [6.45, 7) is 5.47. The van der Waals surface area contributed by atoms with Gasteiger partial charge in [0, 0.05) is 32.5 Å². The zero-order chi connectivity index (χ0) is 18.0.